The predicted octanol–water partition coefficient (Wildman–Crippen LogP) is 16.2. The summed E-state index contributed by atoms with van der Waals surface area (Å²) in [5.74, 6) is 0. The molecule has 0 spiro atoms. The van der Waals surface area contributed by atoms with Gasteiger partial charge in [0.05, 0.1) is 10.2 Å². The molecule has 0 fully saturated rings. The van der Waals surface area contributed by atoms with E-state index in [0.29, 0.717) is 0 Å². The number of benzene rings is 7. The summed E-state index contributed by atoms with van der Waals surface area (Å²) >= 11 is 1.79. The number of anilines is 6. The van der Waals surface area contributed by atoms with Crippen molar-refractivity contribution in [2.24, 2.45) is 0 Å². The average Bonchev–Trinajstić information content (AvgIpc) is 3.70. The van der Waals surface area contributed by atoms with Crippen molar-refractivity contribution >= 4 is 78.8 Å². The maximum Gasteiger partial charge on any atom is 0.252 e. The highest BCUT2D eigenvalue weighted by molar-refractivity contribution is 7.21. The standard InChI is InChI=1S/C63H68BN3S/c1-59(2,3)42-22-20-40(21-23-42)39-16-18-41(19-17-39)58-65-51-37-50-53(38-56(51)68-58)67(48-31-26-44(27-32-48)61(7,8)9)55-36-46(63(13,14)15)35-54-57(55)64(50)49-34-45(62(10,11)12)28-33-52(49)66(54)47-29-24-43(25-30-47)60(4,5)6/h16-38H,1-15H3. The highest BCUT2D eigenvalue weighted by atomic mass is 32.1. The third kappa shape index (κ3) is 8.09. The lowest BCUT2D eigenvalue weighted by Gasteiger charge is -2.45. The van der Waals surface area contributed by atoms with Crippen LogP contribution in [0.2, 0.25) is 0 Å². The normalized spacial score (nSPS) is 14.0. The van der Waals surface area contributed by atoms with Gasteiger partial charge in [-0.25, -0.2) is 4.98 Å². The fraction of sp³-hybridized carbons (Fsp3) is 0.317. The van der Waals surface area contributed by atoms with Gasteiger partial charge in [-0.05, 0) is 137 Å². The molecule has 3 heterocycles. The van der Waals surface area contributed by atoms with Crippen LogP contribution in [0.4, 0.5) is 34.1 Å². The highest BCUT2D eigenvalue weighted by Gasteiger charge is 2.45. The Kier molecular flexibility index (Phi) is 10.7. The molecule has 0 saturated carbocycles. The minimum atomic E-state index is -0.108. The van der Waals surface area contributed by atoms with Crippen molar-refractivity contribution in [2.45, 2.75) is 131 Å². The van der Waals surface area contributed by atoms with Gasteiger partial charge in [0.1, 0.15) is 5.01 Å². The van der Waals surface area contributed by atoms with E-state index in [9.17, 15) is 0 Å². The summed E-state index contributed by atoms with van der Waals surface area (Å²) in [5, 5.41) is 1.04. The van der Waals surface area contributed by atoms with Crippen molar-refractivity contribution in [3.8, 4) is 21.7 Å². The van der Waals surface area contributed by atoms with Gasteiger partial charge in [-0.1, -0.05) is 189 Å². The van der Waals surface area contributed by atoms with E-state index in [1.807, 2.05) is 0 Å². The molecule has 68 heavy (non-hydrogen) atoms. The zero-order valence-electron chi connectivity index (χ0n) is 43.1. The summed E-state index contributed by atoms with van der Waals surface area (Å²) in [5.41, 5.74) is 22.6. The Bertz CT molecular complexity index is 3210. The lowest BCUT2D eigenvalue weighted by molar-refractivity contribution is 0.589. The lowest BCUT2D eigenvalue weighted by Crippen LogP contribution is -2.61. The van der Waals surface area contributed by atoms with Gasteiger partial charge in [0, 0.05) is 39.7 Å². The van der Waals surface area contributed by atoms with Crippen LogP contribution < -0.4 is 26.2 Å². The molecule has 10 rings (SSSR count). The molecule has 5 heteroatoms. The third-order valence-corrected chi connectivity index (χ3v) is 15.6. The van der Waals surface area contributed by atoms with Gasteiger partial charge in [-0.3, -0.25) is 0 Å². The van der Waals surface area contributed by atoms with E-state index < -0.39 is 0 Å². The summed E-state index contributed by atoms with van der Waals surface area (Å²) in [4.78, 5) is 10.6. The van der Waals surface area contributed by atoms with Crippen LogP contribution in [-0.4, -0.2) is 11.7 Å². The number of hydrogen-bond donors (Lipinski definition) is 0. The number of fused-ring (bicyclic) bond motifs is 5. The number of aromatic nitrogens is 1. The van der Waals surface area contributed by atoms with Crippen LogP contribution in [0.1, 0.15) is 132 Å². The average molecular weight is 910 g/mol. The molecule has 7 aromatic carbocycles. The van der Waals surface area contributed by atoms with Crippen LogP contribution in [0.5, 0.6) is 0 Å². The van der Waals surface area contributed by atoms with E-state index in [2.05, 4.69) is 253 Å². The largest absolute Gasteiger partial charge is 0.311 e. The van der Waals surface area contributed by atoms with Gasteiger partial charge in [0.25, 0.3) is 6.71 Å². The topological polar surface area (TPSA) is 19.4 Å². The summed E-state index contributed by atoms with van der Waals surface area (Å²) in [6.07, 6.45) is 0. The van der Waals surface area contributed by atoms with Gasteiger partial charge in [-0.2, -0.15) is 0 Å². The molecule has 344 valence electrons. The third-order valence-electron chi connectivity index (χ3n) is 14.5. The second-order valence-electron chi connectivity index (χ2n) is 24.7. The van der Waals surface area contributed by atoms with E-state index in [0.717, 1.165) is 21.8 Å². The fourth-order valence-electron chi connectivity index (χ4n) is 10.2. The molecule has 0 N–H and O–H groups in total. The molecule has 0 bridgehead atoms. The van der Waals surface area contributed by atoms with Crippen LogP contribution in [0.25, 0.3) is 31.9 Å². The first-order chi connectivity index (χ1) is 31.8. The first kappa shape index (κ1) is 45.9. The van der Waals surface area contributed by atoms with E-state index in [1.54, 1.807) is 11.3 Å². The fourth-order valence-corrected chi connectivity index (χ4v) is 11.2. The highest BCUT2D eigenvalue weighted by Crippen LogP contribution is 2.48. The zero-order chi connectivity index (χ0) is 48.5. The van der Waals surface area contributed by atoms with Gasteiger partial charge >= 0.3 is 0 Å². The Morgan fingerprint density at radius 2 is 0.765 bits per heavy atom. The first-order valence-corrected chi connectivity index (χ1v) is 25.5. The molecular formula is C63H68BN3S. The Hall–Kier alpha value is -5.91. The molecule has 0 unspecified atom stereocenters. The molecular weight excluding hydrogens is 842 g/mol. The first-order valence-electron chi connectivity index (χ1n) is 24.6. The lowest BCUT2D eigenvalue weighted by atomic mass is 9.33. The van der Waals surface area contributed by atoms with Gasteiger partial charge < -0.3 is 9.80 Å². The molecule has 0 amide bonds. The number of thiazole rings is 1. The summed E-state index contributed by atoms with van der Waals surface area (Å²) in [6, 6.07) is 53.9. The van der Waals surface area contributed by atoms with Crippen molar-refractivity contribution in [3.05, 3.63) is 167 Å². The Morgan fingerprint density at radius 3 is 1.24 bits per heavy atom. The van der Waals surface area contributed by atoms with Crippen molar-refractivity contribution in [3.63, 3.8) is 0 Å². The van der Waals surface area contributed by atoms with E-state index >= 15 is 0 Å². The smallest absolute Gasteiger partial charge is 0.252 e. The van der Waals surface area contributed by atoms with Crippen molar-refractivity contribution in [1.82, 2.24) is 4.98 Å². The second-order valence-corrected chi connectivity index (χ2v) is 25.7. The zero-order valence-corrected chi connectivity index (χ0v) is 43.9. The Balaban J connectivity index is 1.21. The number of rotatable bonds is 4. The molecule has 8 aromatic rings. The maximum absolute atomic E-state index is 5.47. The van der Waals surface area contributed by atoms with Gasteiger partial charge in [0.2, 0.25) is 0 Å². The van der Waals surface area contributed by atoms with Crippen molar-refractivity contribution in [1.29, 1.82) is 0 Å². The molecule has 2 aliphatic heterocycles. The SMILES string of the molecule is CC(C)(C)c1ccc(-c2ccc(-c3nc4cc5c(cc4s3)N(c3ccc(C(C)(C)C)cc3)c3cc(C(C)(C)C)cc4c3B5c3cc(C(C)(C)C)ccc3N4c3ccc(C(C)(C)C)cc3)cc2)cc1. The minimum Gasteiger partial charge on any atom is -0.311 e. The van der Waals surface area contributed by atoms with Gasteiger partial charge in [0.15, 0.2) is 0 Å². The minimum absolute atomic E-state index is 0.0185. The van der Waals surface area contributed by atoms with E-state index in [1.165, 1.54) is 88.5 Å². The molecule has 0 atom stereocenters. The second kappa shape index (κ2) is 15.8. The molecule has 0 aliphatic carbocycles. The van der Waals surface area contributed by atoms with Gasteiger partial charge in [-0.15, -0.1) is 11.3 Å². The maximum atomic E-state index is 5.47. The Labute approximate surface area is 411 Å². The molecule has 1 aromatic heterocycles. The molecule has 0 saturated heterocycles. The molecule has 2 aliphatic rings. The van der Waals surface area contributed by atoms with Crippen LogP contribution in [0.3, 0.4) is 0 Å². The molecule has 3 nitrogen and oxygen atoms in total. The number of nitrogens with zero attached hydrogens (tertiary/aromatic N) is 3. The van der Waals surface area contributed by atoms with Crippen LogP contribution in [0, 0.1) is 0 Å². The van der Waals surface area contributed by atoms with E-state index in [4.69, 9.17) is 4.98 Å². The van der Waals surface area contributed by atoms with Crippen LogP contribution in [0.15, 0.2) is 140 Å². The predicted molar refractivity (Wildman–Crippen MR) is 298 cm³/mol. The molecule has 0 radical (unpaired) electrons. The Morgan fingerprint density at radius 1 is 0.368 bits per heavy atom. The summed E-state index contributed by atoms with van der Waals surface area (Å²) < 4.78 is 1.19. The monoisotopic (exact) mass is 910 g/mol. The van der Waals surface area contributed by atoms with Crippen molar-refractivity contribution in [2.75, 3.05) is 9.80 Å². The van der Waals surface area contributed by atoms with Crippen LogP contribution >= 0.6 is 11.3 Å². The van der Waals surface area contributed by atoms with Crippen LogP contribution in [-0.2, 0) is 27.1 Å². The number of hydrogen-bond acceptors (Lipinski definition) is 4. The van der Waals surface area contributed by atoms with E-state index in [-0.39, 0.29) is 33.8 Å². The summed E-state index contributed by atoms with van der Waals surface area (Å²) in [7, 11) is 0. The van der Waals surface area contributed by atoms with Crippen molar-refractivity contribution < 1.29 is 0 Å². The summed E-state index contributed by atoms with van der Waals surface area (Å²) in [6.45, 7) is 34.6. The quantitative estimate of drug-likeness (QED) is 0.164.